The third kappa shape index (κ3) is 4.18. The number of hydrogen-bond donors (Lipinski definition) is 1. The molecule has 1 unspecified atom stereocenters. The van der Waals surface area contributed by atoms with E-state index in [1.807, 2.05) is 19.0 Å². The molecule has 0 bridgehead atoms. The average molecular weight is 257 g/mol. The third-order valence-electron chi connectivity index (χ3n) is 3.24. The van der Waals surface area contributed by atoms with Gasteiger partial charge >= 0.3 is 12.0 Å². The minimum absolute atomic E-state index is 0.0489. The predicted molar refractivity (Wildman–Crippen MR) is 68.6 cm³/mol. The Morgan fingerprint density at radius 2 is 1.94 bits per heavy atom. The van der Waals surface area contributed by atoms with Crippen LogP contribution in [0.1, 0.15) is 19.3 Å². The molecule has 0 aromatic carbocycles. The SMILES string of the molecule is CN(C)CCN(C)C(=O)N1CCCC1CC(=O)O. The Hall–Kier alpha value is -1.30. The molecule has 0 aromatic heterocycles. The summed E-state index contributed by atoms with van der Waals surface area (Å²) in [6.45, 7) is 2.13. The molecule has 1 aliphatic heterocycles. The second-order valence-electron chi connectivity index (χ2n) is 5.09. The van der Waals surface area contributed by atoms with Gasteiger partial charge in [-0.05, 0) is 26.9 Å². The fourth-order valence-electron chi connectivity index (χ4n) is 2.17. The third-order valence-corrected chi connectivity index (χ3v) is 3.24. The summed E-state index contributed by atoms with van der Waals surface area (Å²) in [6.07, 6.45) is 1.73. The van der Waals surface area contributed by atoms with E-state index in [9.17, 15) is 9.59 Å². The smallest absolute Gasteiger partial charge is 0.320 e. The highest BCUT2D eigenvalue weighted by Crippen LogP contribution is 2.21. The Labute approximate surface area is 108 Å². The number of carboxylic acid groups (broad SMARTS) is 1. The van der Waals surface area contributed by atoms with Crippen molar-refractivity contribution in [3.05, 3.63) is 0 Å². The van der Waals surface area contributed by atoms with E-state index >= 15 is 0 Å². The van der Waals surface area contributed by atoms with Gasteiger partial charge in [0.1, 0.15) is 0 Å². The molecule has 6 nitrogen and oxygen atoms in total. The topological polar surface area (TPSA) is 64.1 Å². The first kappa shape index (κ1) is 14.8. The highest BCUT2D eigenvalue weighted by Gasteiger charge is 2.31. The van der Waals surface area contributed by atoms with Gasteiger partial charge in [-0.3, -0.25) is 4.79 Å². The van der Waals surface area contributed by atoms with Crippen molar-refractivity contribution in [1.82, 2.24) is 14.7 Å². The molecule has 0 saturated carbocycles. The number of rotatable bonds is 5. The van der Waals surface area contributed by atoms with E-state index in [4.69, 9.17) is 5.11 Å². The van der Waals surface area contributed by atoms with Crippen molar-refractivity contribution in [2.24, 2.45) is 0 Å². The Balaban J connectivity index is 2.51. The number of urea groups is 1. The molecule has 0 aliphatic carbocycles. The van der Waals surface area contributed by atoms with Crippen molar-refractivity contribution in [2.45, 2.75) is 25.3 Å². The predicted octanol–water partition coefficient (Wildman–Crippen LogP) is 0.539. The molecule has 1 heterocycles. The van der Waals surface area contributed by atoms with Crippen LogP contribution >= 0.6 is 0 Å². The summed E-state index contributed by atoms with van der Waals surface area (Å²) in [6, 6.07) is -0.197. The summed E-state index contributed by atoms with van der Waals surface area (Å²) in [5.41, 5.74) is 0. The van der Waals surface area contributed by atoms with E-state index in [0.717, 1.165) is 19.4 Å². The number of amides is 2. The standard InChI is InChI=1S/C12H23N3O3/c1-13(2)7-8-14(3)12(18)15-6-4-5-10(15)9-11(16)17/h10H,4-9H2,1-3H3,(H,16,17). The lowest BCUT2D eigenvalue weighted by Crippen LogP contribution is -2.46. The highest BCUT2D eigenvalue weighted by atomic mass is 16.4. The maximum atomic E-state index is 12.2. The number of likely N-dealkylation sites (tertiary alicyclic amines) is 1. The molecule has 1 aliphatic rings. The molecule has 6 heteroatoms. The van der Waals surface area contributed by atoms with E-state index in [2.05, 4.69) is 0 Å². The molecule has 1 atom stereocenters. The molecule has 18 heavy (non-hydrogen) atoms. The number of likely N-dealkylation sites (N-methyl/N-ethyl adjacent to an activating group) is 2. The van der Waals surface area contributed by atoms with Crippen molar-refractivity contribution in [3.63, 3.8) is 0 Å². The summed E-state index contributed by atoms with van der Waals surface area (Å²) in [4.78, 5) is 28.3. The Kier molecular flexibility index (Phi) is 5.40. The second kappa shape index (κ2) is 6.58. The van der Waals surface area contributed by atoms with E-state index in [1.165, 1.54) is 0 Å². The Bertz CT molecular complexity index is 307. The van der Waals surface area contributed by atoms with Crippen LogP contribution in [0.4, 0.5) is 4.79 Å². The Morgan fingerprint density at radius 3 is 2.50 bits per heavy atom. The second-order valence-corrected chi connectivity index (χ2v) is 5.09. The number of carbonyl (C=O) groups excluding carboxylic acids is 1. The van der Waals surface area contributed by atoms with Gasteiger partial charge in [0.15, 0.2) is 0 Å². The quantitative estimate of drug-likeness (QED) is 0.780. The average Bonchev–Trinajstić information content (AvgIpc) is 2.71. The molecule has 1 N–H and O–H groups in total. The molecule has 0 aromatic rings. The number of aliphatic carboxylic acids is 1. The molecule has 104 valence electrons. The maximum Gasteiger partial charge on any atom is 0.320 e. The van der Waals surface area contributed by atoms with Crippen LogP contribution in [0, 0.1) is 0 Å². The van der Waals surface area contributed by atoms with Crippen molar-refractivity contribution in [3.8, 4) is 0 Å². The molecule has 1 rings (SSSR count). The zero-order valence-electron chi connectivity index (χ0n) is 11.4. The van der Waals surface area contributed by atoms with Crippen LogP contribution in [0.15, 0.2) is 0 Å². The number of nitrogens with zero attached hydrogens (tertiary/aromatic N) is 3. The van der Waals surface area contributed by atoms with Crippen LogP contribution in [-0.2, 0) is 4.79 Å². The van der Waals surface area contributed by atoms with E-state index in [0.29, 0.717) is 13.1 Å². The summed E-state index contributed by atoms with van der Waals surface area (Å²) < 4.78 is 0. The lowest BCUT2D eigenvalue weighted by molar-refractivity contribution is -0.138. The zero-order valence-corrected chi connectivity index (χ0v) is 11.4. The zero-order chi connectivity index (χ0) is 13.7. The first-order valence-corrected chi connectivity index (χ1v) is 6.30. The normalized spacial score (nSPS) is 19.3. The Morgan fingerprint density at radius 1 is 1.28 bits per heavy atom. The fourth-order valence-corrected chi connectivity index (χ4v) is 2.17. The molecular formula is C12H23N3O3. The van der Waals surface area contributed by atoms with Gasteiger partial charge < -0.3 is 19.8 Å². The summed E-state index contributed by atoms with van der Waals surface area (Å²) in [5.74, 6) is -0.837. The highest BCUT2D eigenvalue weighted by molar-refractivity contribution is 5.76. The first-order chi connectivity index (χ1) is 8.41. The lowest BCUT2D eigenvalue weighted by atomic mass is 10.1. The van der Waals surface area contributed by atoms with Gasteiger partial charge in [0.2, 0.25) is 0 Å². The fraction of sp³-hybridized carbons (Fsp3) is 0.833. The van der Waals surface area contributed by atoms with Crippen LogP contribution < -0.4 is 0 Å². The summed E-state index contributed by atoms with van der Waals surface area (Å²) >= 11 is 0. The molecule has 1 saturated heterocycles. The van der Waals surface area contributed by atoms with Crippen LogP contribution in [0.2, 0.25) is 0 Å². The van der Waals surface area contributed by atoms with Gasteiger partial charge in [-0.25, -0.2) is 4.79 Å². The van der Waals surface area contributed by atoms with Gasteiger partial charge in [-0.2, -0.15) is 0 Å². The van der Waals surface area contributed by atoms with Gasteiger partial charge in [-0.1, -0.05) is 0 Å². The largest absolute Gasteiger partial charge is 0.481 e. The molecular weight excluding hydrogens is 234 g/mol. The maximum absolute atomic E-state index is 12.2. The van der Waals surface area contributed by atoms with Crippen LogP contribution in [0.5, 0.6) is 0 Å². The molecule has 0 spiro atoms. The molecule has 0 radical (unpaired) electrons. The first-order valence-electron chi connectivity index (χ1n) is 6.30. The van der Waals surface area contributed by atoms with Crippen molar-refractivity contribution >= 4 is 12.0 Å². The van der Waals surface area contributed by atoms with E-state index < -0.39 is 5.97 Å². The number of carbonyl (C=O) groups is 2. The van der Waals surface area contributed by atoms with Crippen LogP contribution in [0.25, 0.3) is 0 Å². The molecule has 1 fully saturated rings. The van der Waals surface area contributed by atoms with Gasteiger partial charge in [0.05, 0.1) is 6.42 Å². The summed E-state index contributed by atoms with van der Waals surface area (Å²) in [7, 11) is 5.69. The minimum atomic E-state index is -0.837. The van der Waals surface area contributed by atoms with Gasteiger partial charge in [0, 0.05) is 32.7 Å². The van der Waals surface area contributed by atoms with Crippen molar-refractivity contribution in [1.29, 1.82) is 0 Å². The van der Waals surface area contributed by atoms with E-state index in [-0.39, 0.29) is 18.5 Å². The number of carboxylic acids is 1. The van der Waals surface area contributed by atoms with E-state index in [1.54, 1.807) is 16.8 Å². The van der Waals surface area contributed by atoms with Crippen molar-refractivity contribution in [2.75, 3.05) is 40.8 Å². The van der Waals surface area contributed by atoms with Crippen LogP contribution in [0.3, 0.4) is 0 Å². The van der Waals surface area contributed by atoms with Gasteiger partial charge in [0.25, 0.3) is 0 Å². The lowest BCUT2D eigenvalue weighted by Gasteiger charge is -2.29. The minimum Gasteiger partial charge on any atom is -0.481 e. The van der Waals surface area contributed by atoms with Crippen LogP contribution in [-0.4, -0.2) is 78.6 Å². The number of hydrogen-bond acceptors (Lipinski definition) is 3. The monoisotopic (exact) mass is 257 g/mol. The van der Waals surface area contributed by atoms with Crippen molar-refractivity contribution < 1.29 is 14.7 Å². The summed E-state index contributed by atoms with van der Waals surface area (Å²) in [5, 5.41) is 8.83. The van der Waals surface area contributed by atoms with Gasteiger partial charge in [-0.15, -0.1) is 0 Å². The molecule has 2 amide bonds.